The van der Waals surface area contributed by atoms with Crippen LogP contribution in [-0.2, 0) is 32.8 Å². The summed E-state index contributed by atoms with van der Waals surface area (Å²) in [6, 6.07) is 13.5. The molecule has 0 radical (unpaired) electrons. The number of anilines is 3. The zero-order chi connectivity index (χ0) is 45.4. The van der Waals surface area contributed by atoms with Crippen LogP contribution >= 0.6 is 0 Å². The molecule has 1 unspecified atom stereocenters. The summed E-state index contributed by atoms with van der Waals surface area (Å²) < 4.78 is 0. The lowest BCUT2D eigenvalue weighted by atomic mass is 9.74. The number of amides is 7. The maximum atomic E-state index is 13.6. The SMILES string of the molecule is CN1CCN([C@@H]2CCCN(c3cnc(C(N)=O)c(Nc4ccc(C5(C)CCN(C(=O)CN6CCN(CCc7cccc8c7CN(C7CCC(=O)NC7=O)C8=O)CC6)CC5)cc4)n3)C2)C1=O.[HH]. The molecule has 5 saturated heterocycles. The lowest BCUT2D eigenvalue weighted by Gasteiger charge is -2.41. The van der Waals surface area contributed by atoms with Gasteiger partial charge in [-0.2, -0.15) is 0 Å². The largest absolute Gasteiger partial charge is 0.364 e. The fourth-order valence-corrected chi connectivity index (χ4v) is 10.5. The number of urea groups is 1. The number of piperazine rings is 1. The van der Waals surface area contributed by atoms with Crippen LogP contribution in [0.5, 0.6) is 0 Å². The van der Waals surface area contributed by atoms with Gasteiger partial charge in [0.2, 0.25) is 17.7 Å². The number of aromatic nitrogens is 2. The van der Waals surface area contributed by atoms with Gasteiger partial charge in [0.05, 0.1) is 18.8 Å². The van der Waals surface area contributed by atoms with E-state index in [0.29, 0.717) is 57.1 Å². The molecule has 5 fully saturated rings. The number of likely N-dealkylation sites (N-methyl/N-ethyl adjacent to an activating group) is 1. The Morgan fingerprint density at radius 3 is 2.37 bits per heavy atom. The number of hydrogen-bond acceptors (Lipinski definition) is 12. The fourth-order valence-electron chi connectivity index (χ4n) is 10.5. The highest BCUT2D eigenvalue weighted by Gasteiger charge is 2.40. The minimum absolute atomic E-state index is 0. The molecule has 4 N–H and O–H groups in total. The summed E-state index contributed by atoms with van der Waals surface area (Å²) in [6.45, 7) is 11.4. The minimum Gasteiger partial charge on any atom is -0.364 e. The number of nitrogens with zero attached hydrogens (tertiary/aromatic N) is 9. The number of carbonyl (C=O) groups is 6. The maximum absolute atomic E-state index is 13.6. The number of benzene rings is 2. The van der Waals surface area contributed by atoms with Gasteiger partial charge < -0.3 is 40.4 Å². The van der Waals surface area contributed by atoms with Crippen LogP contribution in [-0.4, -0.2) is 173 Å². The molecule has 2 aromatic carbocycles. The lowest BCUT2D eigenvalue weighted by Crippen LogP contribution is -2.52. The normalized spacial score (nSPS) is 23.0. The highest BCUT2D eigenvalue weighted by Crippen LogP contribution is 2.36. The second kappa shape index (κ2) is 18.4. The Hall–Kier alpha value is -6.14. The molecule has 65 heavy (non-hydrogen) atoms. The summed E-state index contributed by atoms with van der Waals surface area (Å²) in [5, 5.41) is 5.67. The van der Waals surface area contributed by atoms with Gasteiger partial charge in [0.1, 0.15) is 11.9 Å². The summed E-state index contributed by atoms with van der Waals surface area (Å²) in [7, 11) is 1.83. The second-order valence-electron chi connectivity index (χ2n) is 18.8. The van der Waals surface area contributed by atoms with E-state index in [9.17, 15) is 28.8 Å². The molecule has 9 rings (SSSR count). The van der Waals surface area contributed by atoms with Crippen molar-refractivity contribution in [2.75, 3.05) is 95.8 Å². The molecular weight excluding hydrogens is 829 g/mol. The molecular formula is C47H62N12O6. The average molecular weight is 891 g/mol. The summed E-state index contributed by atoms with van der Waals surface area (Å²) in [4.78, 5) is 99.5. The Morgan fingerprint density at radius 1 is 0.908 bits per heavy atom. The second-order valence-corrected chi connectivity index (χ2v) is 18.8. The van der Waals surface area contributed by atoms with Crippen molar-refractivity contribution in [3.63, 3.8) is 0 Å². The van der Waals surface area contributed by atoms with Crippen molar-refractivity contribution in [3.05, 3.63) is 76.6 Å². The zero-order valence-electron chi connectivity index (χ0n) is 37.5. The standard InChI is InChI=1S/C47H60N12O6.H2/c1-47(32-8-10-33(11-9-32)50-43-41(42(48)62)49-27-38(51-43)57-17-4-6-34(28-57)58-26-21-53(2)46(58)65)15-19-56(20-16-47)40(61)30-55-24-22-54(23-25-55)18-14-31-5-3-7-35-36(31)29-59(45(35)64)37-12-13-39(60)52-44(37)63;/h3,5,7-11,27,34,37H,4,6,12-26,28-30H2,1-2H3,(H2,48,62)(H,50,51)(H,52,60,63);1H/t34-,37?;/m1./s1. The predicted octanol–water partition coefficient (Wildman–Crippen LogP) is 2.40. The summed E-state index contributed by atoms with van der Waals surface area (Å²) in [5.74, 6) is -0.440. The monoisotopic (exact) mass is 890 g/mol. The van der Waals surface area contributed by atoms with Gasteiger partial charge in [0, 0.05) is 105 Å². The molecule has 346 valence electrons. The fraction of sp³-hybridized carbons (Fsp3) is 0.532. The third-order valence-corrected chi connectivity index (χ3v) is 14.7. The van der Waals surface area contributed by atoms with Crippen molar-refractivity contribution in [3.8, 4) is 0 Å². The first-order valence-corrected chi connectivity index (χ1v) is 23.1. The number of primary amides is 1. The molecule has 0 spiro atoms. The number of likely N-dealkylation sites (tertiary alicyclic amines) is 1. The summed E-state index contributed by atoms with van der Waals surface area (Å²) in [5.41, 5.74) is 10.3. The minimum atomic E-state index is -0.674. The highest BCUT2D eigenvalue weighted by molar-refractivity contribution is 6.05. The lowest BCUT2D eigenvalue weighted by molar-refractivity contribution is -0.137. The van der Waals surface area contributed by atoms with Crippen LogP contribution in [0, 0.1) is 0 Å². The molecule has 0 bridgehead atoms. The number of rotatable bonds is 12. The van der Waals surface area contributed by atoms with Crippen LogP contribution in [0.15, 0.2) is 48.7 Å². The van der Waals surface area contributed by atoms with E-state index in [1.807, 2.05) is 41.1 Å². The first-order chi connectivity index (χ1) is 31.3. The first kappa shape index (κ1) is 44.1. The third-order valence-electron chi connectivity index (χ3n) is 14.7. The smallest absolute Gasteiger partial charge is 0.320 e. The van der Waals surface area contributed by atoms with E-state index in [0.717, 1.165) is 94.7 Å². The number of nitrogens with one attached hydrogen (secondary N) is 2. The number of fused-ring (bicyclic) bond motifs is 1. The van der Waals surface area contributed by atoms with Crippen molar-refractivity contribution in [2.45, 2.75) is 75.9 Å². The number of hydrogen-bond donors (Lipinski definition) is 3. The van der Waals surface area contributed by atoms with Crippen LogP contribution < -0.4 is 21.3 Å². The quantitative estimate of drug-likeness (QED) is 0.225. The molecule has 0 aliphatic carbocycles. The van der Waals surface area contributed by atoms with Gasteiger partial charge in [0.15, 0.2) is 11.5 Å². The van der Waals surface area contributed by atoms with Crippen molar-refractivity contribution in [1.29, 1.82) is 0 Å². The van der Waals surface area contributed by atoms with Crippen LogP contribution in [0.25, 0.3) is 0 Å². The van der Waals surface area contributed by atoms with Crippen LogP contribution in [0.2, 0.25) is 0 Å². The van der Waals surface area contributed by atoms with Crippen LogP contribution in [0.4, 0.5) is 22.1 Å². The van der Waals surface area contributed by atoms with Crippen molar-refractivity contribution in [2.24, 2.45) is 5.73 Å². The Labute approximate surface area is 380 Å². The summed E-state index contributed by atoms with van der Waals surface area (Å²) >= 11 is 0. The molecule has 6 aliphatic rings. The van der Waals surface area contributed by atoms with E-state index in [2.05, 4.69) is 55.4 Å². The molecule has 0 saturated carbocycles. The molecule has 1 aromatic heterocycles. The Balaban J connectivity index is 0.00000592. The Morgan fingerprint density at radius 2 is 1.66 bits per heavy atom. The van der Waals surface area contributed by atoms with Crippen LogP contribution in [0.3, 0.4) is 0 Å². The van der Waals surface area contributed by atoms with Crippen LogP contribution in [0.1, 0.15) is 84.4 Å². The van der Waals surface area contributed by atoms with E-state index >= 15 is 0 Å². The average Bonchev–Trinajstić information content (AvgIpc) is 3.83. The van der Waals surface area contributed by atoms with Gasteiger partial charge in [-0.15, -0.1) is 0 Å². The van der Waals surface area contributed by atoms with Crippen molar-refractivity contribution < 1.29 is 30.2 Å². The van der Waals surface area contributed by atoms with E-state index in [1.54, 1.807) is 16.0 Å². The summed E-state index contributed by atoms with van der Waals surface area (Å²) in [6.07, 6.45) is 6.47. The van der Waals surface area contributed by atoms with E-state index in [4.69, 9.17) is 10.7 Å². The third kappa shape index (κ3) is 9.23. The van der Waals surface area contributed by atoms with Gasteiger partial charge in [-0.1, -0.05) is 31.2 Å². The number of piperidine rings is 3. The zero-order valence-corrected chi connectivity index (χ0v) is 37.5. The van der Waals surface area contributed by atoms with Crippen molar-refractivity contribution >= 4 is 52.9 Å². The number of imide groups is 1. The molecule has 18 nitrogen and oxygen atoms in total. The molecule has 18 heteroatoms. The maximum Gasteiger partial charge on any atom is 0.320 e. The highest BCUT2D eigenvalue weighted by atomic mass is 16.2. The van der Waals surface area contributed by atoms with E-state index in [-0.39, 0.29) is 54.6 Å². The number of carbonyl (C=O) groups excluding carboxylic acids is 6. The van der Waals surface area contributed by atoms with Gasteiger partial charge in [0.25, 0.3) is 11.8 Å². The first-order valence-electron chi connectivity index (χ1n) is 23.1. The van der Waals surface area contributed by atoms with Crippen molar-refractivity contribution in [1.82, 2.24) is 44.7 Å². The van der Waals surface area contributed by atoms with Gasteiger partial charge in [-0.25, -0.2) is 14.8 Å². The van der Waals surface area contributed by atoms with E-state index in [1.165, 1.54) is 5.56 Å². The molecule has 7 heterocycles. The molecule has 6 aliphatic heterocycles. The van der Waals surface area contributed by atoms with Gasteiger partial charge in [-0.05, 0) is 78.8 Å². The van der Waals surface area contributed by atoms with Gasteiger partial charge in [-0.3, -0.25) is 34.2 Å². The Bertz CT molecular complexity index is 2350. The number of nitrogens with two attached hydrogens (primary N) is 1. The topological polar surface area (TPSA) is 201 Å². The molecule has 7 amide bonds. The molecule has 2 atom stereocenters. The van der Waals surface area contributed by atoms with Gasteiger partial charge >= 0.3 is 6.03 Å². The van der Waals surface area contributed by atoms with E-state index < -0.39 is 17.9 Å². The molecule has 3 aromatic rings. The Kier molecular flexibility index (Phi) is 12.5. The predicted molar refractivity (Wildman–Crippen MR) is 245 cm³/mol.